The molecule has 1 aliphatic rings. The number of aliphatic hydroxyl groups is 1. The van der Waals surface area contributed by atoms with Crippen LogP contribution >= 0.6 is 15.9 Å². The summed E-state index contributed by atoms with van der Waals surface area (Å²) in [6.45, 7) is 0.122. The normalized spacial score (nSPS) is 17.7. The fourth-order valence-electron chi connectivity index (χ4n) is 2.99. The van der Waals surface area contributed by atoms with Crippen molar-refractivity contribution in [2.45, 2.75) is 44.6 Å². The number of carbonyl (C=O) groups excluding carboxylic acids is 1. The van der Waals surface area contributed by atoms with Crippen molar-refractivity contribution in [2.75, 3.05) is 6.61 Å². The van der Waals surface area contributed by atoms with Gasteiger partial charge in [0.25, 0.3) is 5.91 Å². The molecule has 0 spiro atoms. The molecule has 1 unspecified atom stereocenters. The van der Waals surface area contributed by atoms with Gasteiger partial charge in [-0.2, -0.15) is 0 Å². The van der Waals surface area contributed by atoms with Crippen molar-refractivity contribution in [3.63, 3.8) is 0 Å². The number of carbonyl (C=O) groups is 1. The fourth-order valence-corrected chi connectivity index (χ4v) is 3.46. The van der Waals surface area contributed by atoms with E-state index in [0.717, 1.165) is 17.3 Å². The summed E-state index contributed by atoms with van der Waals surface area (Å²) in [5.74, 6) is 0.448. The lowest BCUT2D eigenvalue weighted by atomic mass is 9.82. The molecular weight excluding hydrogens is 318 g/mol. The summed E-state index contributed by atoms with van der Waals surface area (Å²) in [4.78, 5) is 12.4. The molecular formula is C16H22BrNO2. The molecule has 20 heavy (non-hydrogen) atoms. The molecule has 0 aromatic heterocycles. The average molecular weight is 340 g/mol. The second kappa shape index (κ2) is 7.79. The van der Waals surface area contributed by atoms with Gasteiger partial charge in [0.15, 0.2) is 0 Å². The Bertz CT molecular complexity index is 444. The third-order valence-electron chi connectivity index (χ3n) is 4.09. The largest absolute Gasteiger partial charge is 0.396 e. The number of benzene rings is 1. The Morgan fingerprint density at radius 1 is 1.30 bits per heavy atom. The van der Waals surface area contributed by atoms with E-state index >= 15 is 0 Å². The monoisotopic (exact) mass is 339 g/mol. The molecule has 4 heteroatoms. The van der Waals surface area contributed by atoms with Gasteiger partial charge in [-0.25, -0.2) is 0 Å². The molecule has 0 radical (unpaired) electrons. The van der Waals surface area contributed by atoms with Gasteiger partial charge in [0, 0.05) is 17.1 Å². The van der Waals surface area contributed by atoms with Gasteiger partial charge in [-0.15, -0.1) is 0 Å². The van der Waals surface area contributed by atoms with Gasteiger partial charge in [0.05, 0.1) is 5.56 Å². The molecule has 0 aliphatic heterocycles. The number of amides is 1. The van der Waals surface area contributed by atoms with Gasteiger partial charge in [-0.1, -0.05) is 31.4 Å². The van der Waals surface area contributed by atoms with Crippen molar-refractivity contribution in [3.8, 4) is 0 Å². The summed E-state index contributed by atoms with van der Waals surface area (Å²) in [6.07, 6.45) is 6.71. The minimum Gasteiger partial charge on any atom is -0.396 e. The van der Waals surface area contributed by atoms with Gasteiger partial charge in [-0.05, 0) is 53.2 Å². The van der Waals surface area contributed by atoms with Crippen LogP contribution in [-0.2, 0) is 0 Å². The Kier molecular flexibility index (Phi) is 6.05. The molecule has 1 aromatic rings. The van der Waals surface area contributed by atoms with Crippen LogP contribution in [0.1, 0.15) is 48.9 Å². The molecule has 2 N–H and O–H groups in total. The summed E-state index contributed by atoms with van der Waals surface area (Å²) in [6, 6.07) is 7.53. The SMILES string of the molecule is O=C(NC(CCO)C1CCCCC1)c1ccccc1Br. The van der Waals surface area contributed by atoms with E-state index in [9.17, 15) is 9.90 Å². The van der Waals surface area contributed by atoms with Gasteiger partial charge in [0.1, 0.15) is 0 Å². The first-order valence-electron chi connectivity index (χ1n) is 7.38. The maximum absolute atomic E-state index is 12.4. The fraction of sp³-hybridized carbons (Fsp3) is 0.562. The first kappa shape index (κ1) is 15.5. The predicted octanol–water partition coefficient (Wildman–Crippen LogP) is 3.51. The molecule has 1 fully saturated rings. The van der Waals surface area contributed by atoms with E-state index in [1.807, 2.05) is 24.3 Å². The van der Waals surface area contributed by atoms with Crippen molar-refractivity contribution in [2.24, 2.45) is 5.92 Å². The Hall–Kier alpha value is -0.870. The number of halogens is 1. The highest BCUT2D eigenvalue weighted by atomic mass is 79.9. The summed E-state index contributed by atoms with van der Waals surface area (Å²) >= 11 is 3.41. The van der Waals surface area contributed by atoms with E-state index in [-0.39, 0.29) is 18.6 Å². The molecule has 0 heterocycles. The van der Waals surface area contributed by atoms with Crippen LogP contribution in [0.15, 0.2) is 28.7 Å². The molecule has 1 amide bonds. The smallest absolute Gasteiger partial charge is 0.252 e. The number of hydrogen-bond acceptors (Lipinski definition) is 2. The number of hydrogen-bond donors (Lipinski definition) is 2. The van der Waals surface area contributed by atoms with Gasteiger partial charge < -0.3 is 10.4 Å². The molecule has 1 aliphatic carbocycles. The number of rotatable bonds is 5. The second-order valence-corrected chi connectivity index (χ2v) is 6.32. The third kappa shape index (κ3) is 4.06. The molecule has 1 aromatic carbocycles. The van der Waals surface area contributed by atoms with Crippen LogP contribution in [-0.4, -0.2) is 23.7 Å². The predicted molar refractivity (Wildman–Crippen MR) is 83.7 cm³/mol. The van der Waals surface area contributed by atoms with Crippen molar-refractivity contribution in [1.82, 2.24) is 5.32 Å². The lowest BCUT2D eigenvalue weighted by Gasteiger charge is -2.30. The van der Waals surface area contributed by atoms with Crippen molar-refractivity contribution < 1.29 is 9.90 Å². The lowest BCUT2D eigenvalue weighted by Crippen LogP contribution is -2.41. The highest BCUT2D eigenvalue weighted by Gasteiger charge is 2.25. The maximum Gasteiger partial charge on any atom is 0.252 e. The Balaban J connectivity index is 2.03. The summed E-state index contributed by atoms with van der Waals surface area (Å²) in [5.41, 5.74) is 0.659. The minimum absolute atomic E-state index is 0.0542. The third-order valence-corrected chi connectivity index (χ3v) is 4.79. The standard InChI is InChI=1S/C16H22BrNO2/c17-14-9-5-4-8-13(14)16(20)18-15(10-11-19)12-6-2-1-3-7-12/h4-5,8-9,12,15,19H,1-3,6-7,10-11H2,(H,18,20). The van der Waals surface area contributed by atoms with Crippen LogP contribution in [0.4, 0.5) is 0 Å². The average Bonchev–Trinajstić information content (AvgIpc) is 2.48. The van der Waals surface area contributed by atoms with Crippen LogP contribution in [0.3, 0.4) is 0 Å². The van der Waals surface area contributed by atoms with Crippen molar-refractivity contribution in [1.29, 1.82) is 0 Å². The molecule has 110 valence electrons. The van der Waals surface area contributed by atoms with Crippen LogP contribution in [0, 0.1) is 5.92 Å². The maximum atomic E-state index is 12.4. The second-order valence-electron chi connectivity index (χ2n) is 5.47. The zero-order valence-corrected chi connectivity index (χ0v) is 13.2. The van der Waals surface area contributed by atoms with Gasteiger partial charge >= 0.3 is 0 Å². The minimum atomic E-state index is -0.0542. The highest BCUT2D eigenvalue weighted by Crippen LogP contribution is 2.28. The molecule has 3 nitrogen and oxygen atoms in total. The topological polar surface area (TPSA) is 49.3 Å². The van der Waals surface area contributed by atoms with Crippen LogP contribution in [0.5, 0.6) is 0 Å². The molecule has 0 saturated heterocycles. The molecule has 2 rings (SSSR count). The van der Waals surface area contributed by atoms with Gasteiger partial charge in [0.2, 0.25) is 0 Å². The van der Waals surface area contributed by atoms with E-state index in [1.54, 1.807) is 0 Å². The molecule has 1 atom stereocenters. The first-order chi connectivity index (χ1) is 9.72. The quantitative estimate of drug-likeness (QED) is 0.862. The van der Waals surface area contributed by atoms with E-state index in [2.05, 4.69) is 21.2 Å². The summed E-state index contributed by atoms with van der Waals surface area (Å²) in [7, 11) is 0. The van der Waals surface area contributed by atoms with E-state index in [4.69, 9.17) is 0 Å². The zero-order valence-electron chi connectivity index (χ0n) is 11.6. The first-order valence-corrected chi connectivity index (χ1v) is 8.18. The van der Waals surface area contributed by atoms with Crippen LogP contribution in [0.2, 0.25) is 0 Å². The van der Waals surface area contributed by atoms with Crippen LogP contribution < -0.4 is 5.32 Å². The Morgan fingerprint density at radius 2 is 2.00 bits per heavy atom. The Labute approximate surface area is 128 Å². The number of aliphatic hydroxyl groups excluding tert-OH is 1. The van der Waals surface area contributed by atoms with Crippen molar-refractivity contribution in [3.05, 3.63) is 34.3 Å². The van der Waals surface area contributed by atoms with E-state index < -0.39 is 0 Å². The molecule has 1 saturated carbocycles. The lowest BCUT2D eigenvalue weighted by molar-refractivity contribution is 0.0899. The van der Waals surface area contributed by atoms with Gasteiger partial charge in [-0.3, -0.25) is 4.79 Å². The summed E-state index contributed by atoms with van der Waals surface area (Å²) in [5, 5.41) is 12.4. The molecule has 0 bridgehead atoms. The van der Waals surface area contributed by atoms with E-state index in [0.29, 0.717) is 17.9 Å². The van der Waals surface area contributed by atoms with Crippen molar-refractivity contribution >= 4 is 21.8 Å². The summed E-state index contributed by atoms with van der Waals surface area (Å²) < 4.78 is 0.809. The van der Waals surface area contributed by atoms with E-state index in [1.165, 1.54) is 19.3 Å². The van der Waals surface area contributed by atoms with Crippen LogP contribution in [0.25, 0.3) is 0 Å². The Morgan fingerprint density at radius 3 is 2.65 bits per heavy atom. The highest BCUT2D eigenvalue weighted by molar-refractivity contribution is 9.10. The zero-order chi connectivity index (χ0) is 14.4. The number of nitrogens with one attached hydrogen (secondary N) is 1.